The molecule has 0 unspecified atom stereocenters. The molecule has 0 atom stereocenters. The Bertz CT molecular complexity index is 1030. The maximum atomic E-state index is 12.6. The number of para-hydroxylation sites is 1. The highest BCUT2D eigenvalue weighted by molar-refractivity contribution is 6.32. The smallest absolute Gasteiger partial charge is 0.250 e. The molecule has 0 saturated carbocycles. The van der Waals surface area contributed by atoms with Gasteiger partial charge in [-0.25, -0.2) is 9.67 Å². The van der Waals surface area contributed by atoms with Gasteiger partial charge in [-0.1, -0.05) is 29.8 Å². The molecule has 3 rings (SSSR count). The number of hydrogen-bond donors (Lipinski definition) is 0. The number of hydrogen-bond acceptors (Lipinski definition) is 5. The van der Waals surface area contributed by atoms with Crippen LogP contribution in [0.15, 0.2) is 47.4 Å². The second-order valence-corrected chi connectivity index (χ2v) is 6.41. The first-order valence-corrected chi connectivity index (χ1v) is 8.77. The number of aryl methyl sites for hydroxylation is 1. The predicted octanol–water partition coefficient (Wildman–Crippen LogP) is 2.46. The van der Waals surface area contributed by atoms with E-state index in [-0.39, 0.29) is 23.6 Å². The van der Waals surface area contributed by atoms with Crippen molar-refractivity contribution in [3.63, 3.8) is 0 Å². The average Bonchev–Trinajstić information content (AvgIpc) is 3.04. The van der Waals surface area contributed by atoms with Crippen LogP contribution in [0.25, 0.3) is 5.69 Å². The van der Waals surface area contributed by atoms with Crippen LogP contribution in [0.2, 0.25) is 5.02 Å². The number of nitrogens with zero attached hydrogens (tertiary/aromatic N) is 4. The van der Waals surface area contributed by atoms with Gasteiger partial charge in [0.25, 0.3) is 5.56 Å². The minimum absolute atomic E-state index is 0.0965. The maximum absolute atomic E-state index is 12.6. The lowest BCUT2D eigenvalue weighted by atomic mass is 10.1. The van der Waals surface area contributed by atoms with Crippen molar-refractivity contribution in [1.82, 2.24) is 19.3 Å². The van der Waals surface area contributed by atoms with Gasteiger partial charge >= 0.3 is 0 Å². The first kappa shape index (κ1) is 19.0. The lowest BCUT2D eigenvalue weighted by Crippen LogP contribution is -2.22. The van der Waals surface area contributed by atoms with Gasteiger partial charge in [-0.2, -0.15) is 0 Å². The topological polar surface area (TPSA) is 79.0 Å². The van der Waals surface area contributed by atoms with Gasteiger partial charge in [0, 0.05) is 32.3 Å². The Hall–Kier alpha value is -2.77. The van der Waals surface area contributed by atoms with Crippen LogP contribution >= 0.6 is 11.6 Å². The number of methoxy groups -OCH3 is 1. The standard InChI is InChI=1S/C19H19ClN4O3/c1-13-21-19(22-24(13)16-6-4-3-5-15(16)20)17(25)11-14-7-8-18(26)23(12-14)9-10-27-2/h3-8,12H,9-11H2,1-2H3. The Morgan fingerprint density at radius 1 is 1.22 bits per heavy atom. The molecular weight excluding hydrogens is 368 g/mol. The van der Waals surface area contributed by atoms with Crippen LogP contribution in [0.5, 0.6) is 0 Å². The van der Waals surface area contributed by atoms with Gasteiger partial charge in [0.15, 0.2) is 0 Å². The molecule has 0 radical (unpaired) electrons. The van der Waals surface area contributed by atoms with E-state index in [0.29, 0.717) is 35.2 Å². The molecule has 7 nitrogen and oxygen atoms in total. The Labute approximate surface area is 161 Å². The Morgan fingerprint density at radius 2 is 2.00 bits per heavy atom. The first-order chi connectivity index (χ1) is 13.0. The molecule has 2 aromatic heterocycles. The molecular formula is C19H19ClN4O3. The normalized spacial score (nSPS) is 10.9. The maximum Gasteiger partial charge on any atom is 0.250 e. The molecule has 8 heteroatoms. The van der Waals surface area contributed by atoms with Crippen molar-refractivity contribution < 1.29 is 9.53 Å². The monoisotopic (exact) mass is 386 g/mol. The summed E-state index contributed by atoms with van der Waals surface area (Å²) in [5, 5.41) is 4.83. The molecule has 3 aromatic rings. The van der Waals surface area contributed by atoms with E-state index in [2.05, 4.69) is 10.1 Å². The second-order valence-electron chi connectivity index (χ2n) is 6.01. The molecule has 0 aliphatic heterocycles. The third-order valence-electron chi connectivity index (χ3n) is 4.04. The quantitative estimate of drug-likeness (QED) is 0.583. The zero-order valence-corrected chi connectivity index (χ0v) is 15.8. The van der Waals surface area contributed by atoms with Gasteiger partial charge in [-0.3, -0.25) is 9.59 Å². The fourth-order valence-electron chi connectivity index (χ4n) is 2.67. The highest BCUT2D eigenvalue weighted by atomic mass is 35.5. The SMILES string of the molecule is COCCn1cc(CC(=O)c2nc(C)n(-c3ccccc3Cl)n2)ccc1=O. The number of Topliss-reactive ketones (excluding diaryl/α,β-unsaturated/α-hetero) is 1. The summed E-state index contributed by atoms with van der Waals surface area (Å²) in [4.78, 5) is 28.7. The van der Waals surface area contributed by atoms with E-state index in [0.717, 1.165) is 0 Å². The summed E-state index contributed by atoms with van der Waals surface area (Å²) >= 11 is 6.21. The molecule has 0 N–H and O–H groups in total. The number of aromatic nitrogens is 4. The van der Waals surface area contributed by atoms with Gasteiger partial charge in [0.2, 0.25) is 11.6 Å². The highest BCUT2D eigenvalue weighted by Crippen LogP contribution is 2.20. The van der Waals surface area contributed by atoms with Gasteiger partial charge in [0.1, 0.15) is 5.82 Å². The molecule has 0 amide bonds. The molecule has 0 aliphatic rings. The minimum Gasteiger partial charge on any atom is -0.383 e. The van der Waals surface area contributed by atoms with Crippen LogP contribution in [-0.2, 0) is 17.7 Å². The van der Waals surface area contributed by atoms with Crippen molar-refractivity contribution in [1.29, 1.82) is 0 Å². The van der Waals surface area contributed by atoms with Gasteiger partial charge in [-0.15, -0.1) is 5.10 Å². The summed E-state index contributed by atoms with van der Waals surface area (Å²) in [5.74, 6) is 0.444. The number of benzene rings is 1. The molecule has 0 fully saturated rings. The summed E-state index contributed by atoms with van der Waals surface area (Å²) < 4.78 is 8.07. The van der Waals surface area contributed by atoms with E-state index in [9.17, 15) is 9.59 Å². The average molecular weight is 387 g/mol. The molecule has 0 spiro atoms. The largest absolute Gasteiger partial charge is 0.383 e. The molecule has 1 aromatic carbocycles. The zero-order chi connectivity index (χ0) is 19.4. The molecule has 0 bridgehead atoms. The molecule has 27 heavy (non-hydrogen) atoms. The molecule has 0 saturated heterocycles. The van der Waals surface area contributed by atoms with Crippen molar-refractivity contribution in [3.05, 3.63) is 75.2 Å². The van der Waals surface area contributed by atoms with E-state index in [4.69, 9.17) is 16.3 Å². The molecule has 0 aliphatic carbocycles. The van der Waals surface area contributed by atoms with Crippen molar-refractivity contribution >= 4 is 17.4 Å². The van der Waals surface area contributed by atoms with Gasteiger partial charge < -0.3 is 9.30 Å². The Morgan fingerprint density at radius 3 is 2.74 bits per heavy atom. The Kier molecular flexibility index (Phi) is 5.83. The van der Waals surface area contributed by atoms with E-state index in [1.54, 1.807) is 37.0 Å². The fraction of sp³-hybridized carbons (Fsp3) is 0.263. The number of rotatable bonds is 7. The number of carbonyl (C=O) groups excluding carboxylic acids is 1. The van der Waals surface area contributed by atoms with E-state index < -0.39 is 0 Å². The van der Waals surface area contributed by atoms with Crippen LogP contribution < -0.4 is 5.56 Å². The van der Waals surface area contributed by atoms with Crippen LogP contribution in [0.4, 0.5) is 0 Å². The summed E-state index contributed by atoms with van der Waals surface area (Å²) in [6, 6.07) is 10.3. The fourth-order valence-corrected chi connectivity index (χ4v) is 2.89. The third kappa shape index (κ3) is 4.32. The van der Waals surface area contributed by atoms with Gasteiger partial charge in [-0.05, 0) is 24.6 Å². The third-order valence-corrected chi connectivity index (χ3v) is 4.36. The van der Waals surface area contributed by atoms with E-state index >= 15 is 0 Å². The summed E-state index contributed by atoms with van der Waals surface area (Å²) in [7, 11) is 1.57. The van der Waals surface area contributed by atoms with E-state index in [1.807, 2.05) is 18.2 Å². The van der Waals surface area contributed by atoms with Crippen molar-refractivity contribution in [2.45, 2.75) is 19.9 Å². The van der Waals surface area contributed by atoms with Crippen molar-refractivity contribution in [3.8, 4) is 5.69 Å². The van der Waals surface area contributed by atoms with Crippen LogP contribution in [0.3, 0.4) is 0 Å². The van der Waals surface area contributed by atoms with E-state index in [1.165, 1.54) is 10.6 Å². The highest BCUT2D eigenvalue weighted by Gasteiger charge is 2.17. The van der Waals surface area contributed by atoms with Crippen LogP contribution in [0, 0.1) is 6.92 Å². The lowest BCUT2D eigenvalue weighted by molar-refractivity contribution is 0.0983. The zero-order valence-electron chi connectivity index (χ0n) is 15.1. The summed E-state index contributed by atoms with van der Waals surface area (Å²) in [5.41, 5.74) is 1.24. The number of ketones is 1. The van der Waals surface area contributed by atoms with Crippen LogP contribution in [0.1, 0.15) is 22.0 Å². The Balaban J connectivity index is 1.82. The number of pyridine rings is 1. The summed E-state index contributed by atoms with van der Waals surface area (Å²) in [6.45, 7) is 2.61. The lowest BCUT2D eigenvalue weighted by Gasteiger charge is -2.07. The predicted molar refractivity (Wildman–Crippen MR) is 102 cm³/mol. The van der Waals surface area contributed by atoms with Crippen molar-refractivity contribution in [2.75, 3.05) is 13.7 Å². The minimum atomic E-state index is -0.235. The summed E-state index contributed by atoms with van der Waals surface area (Å²) in [6.07, 6.45) is 1.76. The van der Waals surface area contributed by atoms with Crippen LogP contribution in [-0.4, -0.2) is 38.8 Å². The molecule has 2 heterocycles. The van der Waals surface area contributed by atoms with Gasteiger partial charge in [0.05, 0.1) is 17.3 Å². The first-order valence-electron chi connectivity index (χ1n) is 8.39. The number of carbonyl (C=O) groups is 1. The van der Waals surface area contributed by atoms with Crippen molar-refractivity contribution in [2.24, 2.45) is 0 Å². The molecule has 140 valence electrons. The number of halogens is 1. The number of ether oxygens (including phenoxy) is 1. The second kappa shape index (κ2) is 8.28.